The highest BCUT2D eigenvalue weighted by molar-refractivity contribution is 5.77. The third-order valence-electron chi connectivity index (χ3n) is 3.32. The molecule has 1 aromatic rings. The first-order chi connectivity index (χ1) is 10.1. The molecule has 21 heavy (non-hydrogen) atoms. The van der Waals surface area contributed by atoms with E-state index >= 15 is 0 Å². The van der Waals surface area contributed by atoms with Crippen molar-refractivity contribution in [1.82, 2.24) is 15.6 Å². The lowest BCUT2D eigenvalue weighted by molar-refractivity contribution is -0.123. The molecule has 0 radical (unpaired) electrons. The quantitative estimate of drug-likeness (QED) is 0.732. The maximum Gasteiger partial charge on any atom is 0.258 e. The van der Waals surface area contributed by atoms with Gasteiger partial charge in [0.25, 0.3) is 5.91 Å². The Hall–Kier alpha value is -1.62. The van der Waals surface area contributed by atoms with Gasteiger partial charge in [-0.3, -0.25) is 9.78 Å². The smallest absolute Gasteiger partial charge is 0.258 e. The Bertz CT molecular complexity index is 445. The molecular formula is C16H27N3O2. The van der Waals surface area contributed by atoms with Gasteiger partial charge < -0.3 is 15.4 Å². The van der Waals surface area contributed by atoms with Gasteiger partial charge in [0, 0.05) is 18.3 Å². The molecule has 0 atom stereocenters. The van der Waals surface area contributed by atoms with Crippen LogP contribution in [0.25, 0.3) is 0 Å². The summed E-state index contributed by atoms with van der Waals surface area (Å²) in [5.74, 6) is 0.583. The minimum absolute atomic E-state index is 0.0281. The number of aryl methyl sites for hydroxylation is 1. The summed E-state index contributed by atoms with van der Waals surface area (Å²) in [7, 11) is 0. The maximum absolute atomic E-state index is 11.9. The van der Waals surface area contributed by atoms with Gasteiger partial charge in [-0.2, -0.15) is 0 Å². The number of nitrogens with one attached hydrogen (secondary N) is 2. The summed E-state index contributed by atoms with van der Waals surface area (Å²) in [5.41, 5.74) is 1.78. The summed E-state index contributed by atoms with van der Waals surface area (Å²) in [4.78, 5) is 16.3. The number of ether oxygens (including phenoxy) is 1. The molecule has 0 saturated heterocycles. The lowest BCUT2D eigenvalue weighted by atomic mass is 10.2. The molecule has 5 nitrogen and oxygen atoms in total. The molecule has 1 heterocycles. The molecule has 118 valence electrons. The van der Waals surface area contributed by atoms with Crippen LogP contribution in [0.3, 0.4) is 0 Å². The zero-order valence-electron chi connectivity index (χ0n) is 13.5. The van der Waals surface area contributed by atoms with Crippen molar-refractivity contribution in [2.75, 3.05) is 13.2 Å². The summed E-state index contributed by atoms with van der Waals surface area (Å²) >= 11 is 0. The van der Waals surface area contributed by atoms with Crippen LogP contribution in [0, 0.1) is 6.92 Å². The molecule has 2 N–H and O–H groups in total. The van der Waals surface area contributed by atoms with Gasteiger partial charge in [0.05, 0.1) is 5.69 Å². The van der Waals surface area contributed by atoms with Crippen molar-refractivity contribution >= 4 is 5.91 Å². The third-order valence-corrected chi connectivity index (χ3v) is 3.32. The van der Waals surface area contributed by atoms with Crippen LogP contribution in [0.15, 0.2) is 12.1 Å². The highest BCUT2D eigenvalue weighted by atomic mass is 16.5. The number of rotatable bonds is 9. The molecule has 1 amide bonds. The number of nitrogens with zero attached hydrogens (tertiary/aromatic N) is 1. The monoisotopic (exact) mass is 293 g/mol. The van der Waals surface area contributed by atoms with Gasteiger partial charge in [-0.05, 0) is 38.4 Å². The topological polar surface area (TPSA) is 63.3 Å². The fourth-order valence-electron chi connectivity index (χ4n) is 2.00. The number of hydrogen-bond acceptors (Lipinski definition) is 4. The predicted molar refractivity (Wildman–Crippen MR) is 84.4 cm³/mol. The van der Waals surface area contributed by atoms with Crippen molar-refractivity contribution in [2.45, 2.75) is 53.1 Å². The van der Waals surface area contributed by atoms with Crippen molar-refractivity contribution in [2.24, 2.45) is 0 Å². The number of hydrogen-bond donors (Lipinski definition) is 2. The second-order valence-electron chi connectivity index (χ2n) is 5.05. The summed E-state index contributed by atoms with van der Waals surface area (Å²) < 4.78 is 5.63. The number of pyridine rings is 1. The van der Waals surface area contributed by atoms with Crippen LogP contribution in [0.4, 0.5) is 0 Å². The second-order valence-corrected chi connectivity index (χ2v) is 5.05. The lowest BCUT2D eigenvalue weighted by Crippen LogP contribution is -2.37. The third kappa shape index (κ3) is 6.12. The predicted octanol–water partition coefficient (Wildman–Crippen LogP) is 2.18. The molecule has 0 aliphatic rings. The van der Waals surface area contributed by atoms with Crippen molar-refractivity contribution < 1.29 is 9.53 Å². The van der Waals surface area contributed by atoms with E-state index in [4.69, 9.17) is 4.74 Å². The Labute approximate surface area is 127 Å². The van der Waals surface area contributed by atoms with E-state index in [1.807, 2.05) is 26.0 Å². The standard InChI is InChI=1S/C16H27N3O2/c1-5-13(6-2)19-16(20)11-21-15-9-8-12(4)18-14(15)10-17-7-3/h8-9,13,17H,5-7,10-11H2,1-4H3,(H,19,20). The number of carbonyl (C=O) groups excluding carboxylic acids is 1. The first-order valence-electron chi connectivity index (χ1n) is 7.70. The van der Waals surface area contributed by atoms with E-state index in [1.165, 1.54) is 0 Å². The zero-order valence-corrected chi connectivity index (χ0v) is 13.5. The Morgan fingerprint density at radius 3 is 2.62 bits per heavy atom. The largest absolute Gasteiger partial charge is 0.482 e. The number of carbonyl (C=O) groups is 1. The van der Waals surface area contributed by atoms with Gasteiger partial charge >= 0.3 is 0 Å². The lowest BCUT2D eigenvalue weighted by Gasteiger charge is -2.16. The Kier molecular flexibility index (Phi) is 7.75. The maximum atomic E-state index is 11.9. The van der Waals surface area contributed by atoms with E-state index in [9.17, 15) is 4.79 Å². The molecule has 0 spiro atoms. The van der Waals surface area contributed by atoms with Gasteiger partial charge in [0.15, 0.2) is 6.61 Å². The molecule has 0 aliphatic carbocycles. The van der Waals surface area contributed by atoms with Gasteiger partial charge in [0.1, 0.15) is 5.75 Å². The van der Waals surface area contributed by atoms with Gasteiger partial charge in [0.2, 0.25) is 0 Å². The summed E-state index contributed by atoms with van der Waals surface area (Å²) in [6.07, 6.45) is 1.86. The molecule has 0 aliphatic heterocycles. The van der Waals surface area contributed by atoms with Crippen LogP contribution in [-0.2, 0) is 11.3 Å². The Balaban J connectivity index is 2.59. The van der Waals surface area contributed by atoms with Crippen molar-refractivity contribution in [3.05, 3.63) is 23.5 Å². The van der Waals surface area contributed by atoms with E-state index < -0.39 is 0 Å². The molecule has 0 saturated carbocycles. The van der Waals surface area contributed by atoms with E-state index in [2.05, 4.69) is 29.5 Å². The molecule has 0 aromatic carbocycles. The van der Waals surface area contributed by atoms with Gasteiger partial charge in [-0.1, -0.05) is 20.8 Å². The fourth-order valence-corrected chi connectivity index (χ4v) is 2.00. The van der Waals surface area contributed by atoms with Crippen molar-refractivity contribution in [1.29, 1.82) is 0 Å². The van der Waals surface area contributed by atoms with Crippen LogP contribution in [0.1, 0.15) is 45.0 Å². The Morgan fingerprint density at radius 1 is 1.29 bits per heavy atom. The molecular weight excluding hydrogens is 266 g/mol. The minimum atomic E-state index is -0.0846. The minimum Gasteiger partial charge on any atom is -0.482 e. The van der Waals surface area contributed by atoms with E-state index in [0.29, 0.717) is 12.3 Å². The fraction of sp³-hybridized carbons (Fsp3) is 0.625. The first kappa shape index (κ1) is 17.4. The van der Waals surface area contributed by atoms with E-state index in [-0.39, 0.29) is 18.6 Å². The second kappa shape index (κ2) is 9.34. The normalized spacial score (nSPS) is 10.7. The number of amides is 1. The number of aromatic nitrogens is 1. The van der Waals surface area contributed by atoms with Crippen LogP contribution < -0.4 is 15.4 Å². The molecule has 1 aromatic heterocycles. The van der Waals surface area contributed by atoms with Crippen LogP contribution >= 0.6 is 0 Å². The summed E-state index contributed by atoms with van der Waals surface area (Å²) in [6, 6.07) is 3.99. The highest BCUT2D eigenvalue weighted by Crippen LogP contribution is 2.16. The highest BCUT2D eigenvalue weighted by Gasteiger charge is 2.11. The van der Waals surface area contributed by atoms with Crippen molar-refractivity contribution in [3.8, 4) is 5.75 Å². The summed E-state index contributed by atoms with van der Waals surface area (Å²) in [5, 5.41) is 6.19. The zero-order chi connectivity index (χ0) is 15.7. The van der Waals surface area contributed by atoms with E-state index in [1.54, 1.807) is 0 Å². The average Bonchev–Trinajstić information content (AvgIpc) is 2.49. The molecule has 1 rings (SSSR count). The summed E-state index contributed by atoms with van der Waals surface area (Å²) in [6.45, 7) is 9.64. The van der Waals surface area contributed by atoms with Gasteiger partial charge in [-0.25, -0.2) is 0 Å². The van der Waals surface area contributed by atoms with Crippen molar-refractivity contribution in [3.63, 3.8) is 0 Å². The van der Waals surface area contributed by atoms with Gasteiger partial charge in [-0.15, -0.1) is 0 Å². The Morgan fingerprint density at radius 2 is 2.00 bits per heavy atom. The van der Waals surface area contributed by atoms with Crippen LogP contribution in [-0.4, -0.2) is 30.1 Å². The van der Waals surface area contributed by atoms with Crippen LogP contribution in [0.5, 0.6) is 5.75 Å². The molecule has 0 unspecified atom stereocenters. The average molecular weight is 293 g/mol. The van der Waals surface area contributed by atoms with Crippen LogP contribution in [0.2, 0.25) is 0 Å². The molecule has 0 bridgehead atoms. The molecule has 5 heteroatoms. The van der Waals surface area contributed by atoms with E-state index in [0.717, 1.165) is 30.8 Å². The first-order valence-corrected chi connectivity index (χ1v) is 7.70. The SMILES string of the molecule is CCNCc1nc(C)ccc1OCC(=O)NC(CC)CC. The molecule has 0 fully saturated rings.